The monoisotopic (exact) mass is 531 g/mol. The zero-order valence-electron chi connectivity index (χ0n) is 16.3. The van der Waals surface area contributed by atoms with Crippen LogP contribution in [0.5, 0.6) is 0 Å². The maximum Gasteiger partial charge on any atom is 0.340 e. The Morgan fingerprint density at radius 2 is 1.70 bits per heavy atom. The van der Waals surface area contributed by atoms with E-state index in [1.807, 2.05) is 0 Å². The van der Waals surface area contributed by atoms with Gasteiger partial charge in [-0.15, -0.1) is 0 Å². The largest absolute Gasteiger partial charge is 0.452 e. The number of amides is 1. The van der Waals surface area contributed by atoms with Crippen molar-refractivity contribution < 1.29 is 27.1 Å². The van der Waals surface area contributed by atoms with Crippen molar-refractivity contribution in [1.29, 1.82) is 0 Å². The average molecular weight is 533 g/mol. The summed E-state index contributed by atoms with van der Waals surface area (Å²) in [7, 11) is -4.27. The first-order valence-corrected chi connectivity index (χ1v) is 11.5. The molecule has 0 unspecified atom stereocenters. The molecular weight excluding hydrogens is 520 g/mol. The molecule has 1 aromatic heterocycles. The number of halogens is 4. The van der Waals surface area contributed by atoms with Gasteiger partial charge in [-0.25, -0.2) is 22.6 Å². The van der Waals surface area contributed by atoms with Gasteiger partial charge in [0, 0.05) is 11.9 Å². The van der Waals surface area contributed by atoms with E-state index in [-0.39, 0.29) is 27.1 Å². The Hall–Kier alpha value is -2.92. The lowest BCUT2D eigenvalue weighted by Crippen LogP contribution is -2.22. The summed E-state index contributed by atoms with van der Waals surface area (Å²) in [5, 5.41) is 2.31. The number of aromatic nitrogens is 1. The number of pyridine rings is 1. The van der Waals surface area contributed by atoms with Crippen LogP contribution < -0.4 is 10.0 Å². The van der Waals surface area contributed by atoms with Gasteiger partial charge < -0.3 is 10.1 Å². The average Bonchev–Trinajstić information content (AvgIpc) is 2.75. The molecule has 8 nitrogen and oxygen atoms in total. The second kappa shape index (κ2) is 10.3. The van der Waals surface area contributed by atoms with Crippen LogP contribution in [-0.2, 0) is 19.6 Å². The summed E-state index contributed by atoms with van der Waals surface area (Å²) in [6.07, 6.45) is 1.32. The maximum atomic E-state index is 13.1. The summed E-state index contributed by atoms with van der Waals surface area (Å²) in [6.45, 7) is -0.696. The van der Waals surface area contributed by atoms with Gasteiger partial charge >= 0.3 is 5.97 Å². The third-order valence-corrected chi connectivity index (χ3v) is 6.34. The molecule has 0 aliphatic rings. The molecule has 0 atom stereocenters. The van der Waals surface area contributed by atoms with Crippen molar-refractivity contribution >= 4 is 68.2 Å². The van der Waals surface area contributed by atoms with E-state index in [4.69, 9.17) is 39.5 Å². The second-order valence-electron chi connectivity index (χ2n) is 6.36. The van der Waals surface area contributed by atoms with E-state index in [0.717, 1.165) is 24.3 Å². The summed E-state index contributed by atoms with van der Waals surface area (Å²) >= 11 is 17.7. The molecule has 0 radical (unpaired) electrons. The molecule has 1 heterocycles. The first-order valence-electron chi connectivity index (χ1n) is 8.91. The number of benzene rings is 2. The van der Waals surface area contributed by atoms with Crippen LogP contribution >= 0.6 is 34.8 Å². The molecule has 2 N–H and O–H groups in total. The summed E-state index contributed by atoms with van der Waals surface area (Å²) in [4.78, 5) is 27.8. The van der Waals surface area contributed by atoms with E-state index in [0.29, 0.717) is 5.02 Å². The molecule has 0 saturated carbocycles. The number of anilines is 2. The number of carbonyl (C=O) groups excluding carboxylic acids is 2. The van der Waals surface area contributed by atoms with Gasteiger partial charge in [0.25, 0.3) is 15.9 Å². The Morgan fingerprint density at radius 1 is 1.00 bits per heavy atom. The number of esters is 1. The zero-order chi connectivity index (χ0) is 24.2. The molecule has 1 amide bonds. The van der Waals surface area contributed by atoms with Crippen molar-refractivity contribution in [2.24, 2.45) is 0 Å². The topological polar surface area (TPSA) is 114 Å². The third-order valence-electron chi connectivity index (χ3n) is 3.96. The Labute approximate surface area is 202 Å². The van der Waals surface area contributed by atoms with Gasteiger partial charge in [0.1, 0.15) is 16.5 Å². The summed E-state index contributed by atoms with van der Waals surface area (Å²) in [6, 6.07) is 9.46. The standard InChI is InChI=1S/C20H13Cl3FN3O5S/c21-11-1-6-18(25-9-11)26-19(28)10-32-20(29)14-7-17(16(23)8-15(14)22)33(30,31)27-13-4-2-12(24)3-5-13/h1-9,27H,10H2,(H,25,26,28). The lowest BCUT2D eigenvalue weighted by molar-refractivity contribution is -0.119. The smallest absolute Gasteiger partial charge is 0.340 e. The number of hydrogen-bond acceptors (Lipinski definition) is 6. The number of hydrogen-bond donors (Lipinski definition) is 2. The van der Waals surface area contributed by atoms with Crippen LogP contribution in [0.3, 0.4) is 0 Å². The molecule has 3 aromatic rings. The van der Waals surface area contributed by atoms with Crippen LogP contribution in [0.1, 0.15) is 10.4 Å². The van der Waals surface area contributed by atoms with Gasteiger partial charge in [0.05, 0.1) is 20.6 Å². The molecular formula is C20H13Cl3FN3O5S. The first kappa shape index (κ1) is 24.7. The Balaban J connectivity index is 1.74. The highest BCUT2D eigenvalue weighted by Crippen LogP contribution is 2.30. The fourth-order valence-electron chi connectivity index (χ4n) is 2.46. The molecule has 0 fully saturated rings. The predicted octanol–water partition coefficient (Wildman–Crippen LogP) is 4.78. The van der Waals surface area contributed by atoms with Gasteiger partial charge in [0.2, 0.25) is 0 Å². The predicted molar refractivity (Wildman–Crippen MR) is 122 cm³/mol. The van der Waals surface area contributed by atoms with E-state index < -0.39 is 39.2 Å². The van der Waals surface area contributed by atoms with Gasteiger partial charge in [-0.1, -0.05) is 34.8 Å². The van der Waals surface area contributed by atoms with Crippen molar-refractivity contribution in [3.8, 4) is 0 Å². The minimum Gasteiger partial charge on any atom is -0.452 e. The fraction of sp³-hybridized carbons (Fsp3) is 0.0500. The number of sulfonamides is 1. The quantitative estimate of drug-likeness (QED) is 0.423. The minimum absolute atomic E-state index is 0.0685. The first-order chi connectivity index (χ1) is 15.5. The van der Waals surface area contributed by atoms with Crippen molar-refractivity contribution in [2.45, 2.75) is 4.90 Å². The third kappa shape index (κ3) is 6.55. The van der Waals surface area contributed by atoms with Gasteiger partial charge in [0.15, 0.2) is 6.61 Å². The van der Waals surface area contributed by atoms with Crippen molar-refractivity contribution in [1.82, 2.24) is 4.98 Å². The number of ether oxygens (including phenoxy) is 1. The molecule has 0 aliphatic heterocycles. The normalized spacial score (nSPS) is 11.0. The zero-order valence-corrected chi connectivity index (χ0v) is 19.4. The Bertz CT molecular complexity index is 1300. The Morgan fingerprint density at radius 3 is 2.33 bits per heavy atom. The van der Waals surface area contributed by atoms with Crippen LogP contribution in [-0.4, -0.2) is 31.9 Å². The second-order valence-corrected chi connectivity index (χ2v) is 9.26. The van der Waals surface area contributed by atoms with Gasteiger partial charge in [-0.2, -0.15) is 0 Å². The lowest BCUT2D eigenvalue weighted by Gasteiger charge is -2.12. The summed E-state index contributed by atoms with van der Waals surface area (Å²) < 4.78 is 45.6. The highest BCUT2D eigenvalue weighted by molar-refractivity contribution is 7.92. The molecule has 0 spiro atoms. The molecule has 172 valence electrons. The minimum atomic E-state index is -4.27. The van der Waals surface area contributed by atoms with Crippen molar-refractivity contribution in [3.63, 3.8) is 0 Å². The van der Waals surface area contributed by atoms with Crippen LogP contribution in [0.4, 0.5) is 15.9 Å². The van der Waals surface area contributed by atoms with Crippen LogP contribution in [0.25, 0.3) is 0 Å². The molecule has 3 rings (SSSR count). The van der Waals surface area contributed by atoms with Crippen LogP contribution in [0, 0.1) is 5.82 Å². The van der Waals surface area contributed by atoms with Gasteiger partial charge in [-0.05, 0) is 48.5 Å². The lowest BCUT2D eigenvalue weighted by atomic mass is 10.2. The number of carbonyl (C=O) groups is 2. The Kier molecular flexibility index (Phi) is 7.75. The summed E-state index contributed by atoms with van der Waals surface area (Å²) in [5.41, 5.74) is -0.267. The van der Waals surface area contributed by atoms with Crippen molar-refractivity contribution in [3.05, 3.63) is 81.2 Å². The number of nitrogens with one attached hydrogen (secondary N) is 2. The van der Waals surface area contributed by atoms with Gasteiger partial charge in [-0.3, -0.25) is 9.52 Å². The van der Waals surface area contributed by atoms with E-state index >= 15 is 0 Å². The molecule has 0 bridgehead atoms. The van der Waals surface area contributed by atoms with Crippen molar-refractivity contribution in [2.75, 3.05) is 16.6 Å². The van der Waals surface area contributed by atoms with E-state index in [2.05, 4.69) is 15.0 Å². The van der Waals surface area contributed by atoms with Crippen LogP contribution in [0.2, 0.25) is 15.1 Å². The fourth-order valence-corrected chi connectivity index (χ4v) is 4.48. The van der Waals surface area contributed by atoms with E-state index in [9.17, 15) is 22.4 Å². The van der Waals surface area contributed by atoms with Crippen LogP contribution in [0.15, 0.2) is 59.6 Å². The maximum absolute atomic E-state index is 13.1. The SMILES string of the molecule is O=C(COC(=O)c1cc(S(=O)(=O)Nc2ccc(F)cc2)c(Cl)cc1Cl)Nc1ccc(Cl)cn1. The molecule has 13 heteroatoms. The molecule has 33 heavy (non-hydrogen) atoms. The number of nitrogens with zero attached hydrogens (tertiary/aromatic N) is 1. The summed E-state index contributed by atoms with van der Waals surface area (Å²) in [5.74, 6) is -2.13. The number of rotatable bonds is 7. The molecule has 0 aliphatic carbocycles. The van der Waals surface area contributed by atoms with E-state index in [1.165, 1.54) is 30.5 Å². The highest BCUT2D eigenvalue weighted by Gasteiger charge is 2.24. The molecule has 0 saturated heterocycles. The molecule has 2 aromatic carbocycles. The highest BCUT2D eigenvalue weighted by atomic mass is 35.5. The van der Waals surface area contributed by atoms with E-state index in [1.54, 1.807) is 0 Å².